The van der Waals surface area contributed by atoms with Crippen molar-refractivity contribution in [2.75, 3.05) is 14.2 Å². The second-order valence-electron chi connectivity index (χ2n) is 12.0. The number of carbonyl (C=O) groups excluding carboxylic acids is 2. The Labute approximate surface area is 290 Å². The van der Waals surface area contributed by atoms with Crippen LogP contribution in [0.3, 0.4) is 0 Å². The smallest absolute Gasteiger partial charge is 0.337 e. The molecule has 0 bridgehead atoms. The Morgan fingerprint density at radius 1 is 0.627 bits per heavy atom. The lowest BCUT2D eigenvalue weighted by Crippen LogP contribution is -2.26. The van der Waals surface area contributed by atoms with E-state index in [9.17, 15) is 9.59 Å². The molecule has 0 fully saturated rings. The van der Waals surface area contributed by atoms with Gasteiger partial charge in [0.2, 0.25) is 0 Å². The molecule has 12 heteroatoms. The van der Waals surface area contributed by atoms with Gasteiger partial charge in [-0.1, -0.05) is 66.7 Å². The second kappa shape index (κ2) is 13.1. The van der Waals surface area contributed by atoms with Gasteiger partial charge in [0.1, 0.15) is 11.4 Å². The maximum absolute atomic E-state index is 12.9. The molecule has 0 spiro atoms. The van der Waals surface area contributed by atoms with Gasteiger partial charge in [-0.05, 0) is 54.1 Å². The Bertz CT molecular complexity index is 2690. The maximum Gasteiger partial charge on any atom is 0.337 e. The third-order valence-electron chi connectivity index (χ3n) is 8.63. The van der Waals surface area contributed by atoms with Crippen LogP contribution in [-0.4, -0.2) is 71.3 Å². The molecule has 0 saturated heterocycles. The number of para-hydroxylation sites is 2. The molecule has 0 aliphatic rings. The van der Waals surface area contributed by atoms with Crippen LogP contribution in [0.5, 0.6) is 0 Å². The van der Waals surface area contributed by atoms with Gasteiger partial charge in [-0.15, -0.1) is 0 Å². The number of fused-ring (bicyclic) bond motifs is 4. The highest BCUT2D eigenvalue weighted by molar-refractivity contribution is 5.99. The van der Waals surface area contributed by atoms with Crippen LogP contribution >= 0.6 is 0 Å². The Hall–Kier alpha value is -7.08. The Balaban J connectivity index is 0.000000152. The summed E-state index contributed by atoms with van der Waals surface area (Å²) in [5.41, 5.74) is 8.78. The van der Waals surface area contributed by atoms with E-state index >= 15 is 0 Å². The van der Waals surface area contributed by atoms with Crippen molar-refractivity contribution in [3.8, 4) is 23.0 Å². The average Bonchev–Trinajstić information content (AvgIpc) is 3.98. The monoisotopic (exact) mass is 673 g/mol. The van der Waals surface area contributed by atoms with Crippen molar-refractivity contribution >= 4 is 55.7 Å². The van der Waals surface area contributed by atoms with Crippen LogP contribution in [0.15, 0.2) is 115 Å². The maximum atomic E-state index is 12.9. The quantitative estimate of drug-likeness (QED) is 0.135. The van der Waals surface area contributed by atoms with E-state index in [1.807, 2.05) is 104 Å². The molecule has 4 heterocycles. The molecule has 5 aromatic carbocycles. The fourth-order valence-electron chi connectivity index (χ4n) is 6.06. The predicted molar refractivity (Wildman–Crippen MR) is 196 cm³/mol. The van der Waals surface area contributed by atoms with Crippen molar-refractivity contribution < 1.29 is 14.3 Å². The van der Waals surface area contributed by atoms with Crippen LogP contribution < -0.4 is 0 Å². The summed E-state index contributed by atoms with van der Waals surface area (Å²) in [7, 11) is 3.17. The van der Waals surface area contributed by atoms with Crippen LogP contribution in [0, 0.1) is 0 Å². The van der Waals surface area contributed by atoms with E-state index in [2.05, 4.69) is 40.3 Å². The number of ether oxygens (including phenoxy) is 1. The molecule has 0 saturated carbocycles. The van der Waals surface area contributed by atoms with Crippen LogP contribution in [0.2, 0.25) is 0 Å². The fourth-order valence-corrected chi connectivity index (χ4v) is 6.06. The Morgan fingerprint density at radius 3 is 1.88 bits per heavy atom. The number of aromatic nitrogens is 8. The first-order valence-electron chi connectivity index (χ1n) is 16.2. The number of carbonyl (C=O) groups is 2. The van der Waals surface area contributed by atoms with Crippen LogP contribution in [0.4, 0.5) is 0 Å². The zero-order valence-electron chi connectivity index (χ0n) is 27.6. The van der Waals surface area contributed by atoms with Gasteiger partial charge in [-0.3, -0.25) is 15.0 Å². The summed E-state index contributed by atoms with van der Waals surface area (Å²) in [5.74, 6) is 0.933. The van der Waals surface area contributed by atoms with Crippen molar-refractivity contribution in [3.63, 3.8) is 0 Å². The minimum absolute atomic E-state index is 0.0366. The lowest BCUT2D eigenvalue weighted by atomic mass is 10.1. The highest BCUT2D eigenvalue weighted by Crippen LogP contribution is 2.28. The zero-order chi connectivity index (χ0) is 34.9. The van der Waals surface area contributed by atoms with E-state index in [4.69, 9.17) is 4.74 Å². The third kappa shape index (κ3) is 6.06. The molecule has 0 aliphatic heterocycles. The summed E-state index contributed by atoms with van der Waals surface area (Å²) in [4.78, 5) is 41.9. The zero-order valence-corrected chi connectivity index (χ0v) is 27.6. The third-order valence-corrected chi connectivity index (χ3v) is 8.63. The summed E-state index contributed by atoms with van der Waals surface area (Å²) in [6.45, 7) is 0.558. The summed E-state index contributed by atoms with van der Waals surface area (Å²) in [6.07, 6.45) is 0. The molecule has 12 nitrogen and oxygen atoms in total. The van der Waals surface area contributed by atoms with Crippen molar-refractivity contribution in [1.82, 2.24) is 45.2 Å². The molecule has 1 amide bonds. The summed E-state index contributed by atoms with van der Waals surface area (Å²) >= 11 is 0. The van der Waals surface area contributed by atoms with E-state index in [1.54, 1.807) is 23.1 Å². The topological polar surface area (TPSA) is 161 Å². The highest BCUT2D eigenvalue weighted by atomic mass is 16.5. The molecule has 0 unspecified atom stereocenters. The van der Waals surface area contributed by atoms with Gasteiger partial charge in [0.05, 0.1) is 45.8 Å². The fraction of sp³-hybridized carbons (Fsp3) is 0.0769. The predicted octanol–water partition coefficient (Wildman–Crippen LogP) is 7.27. The standard InChI is InChI=1S/C23H19N5O.C16H12N4O2/c1-28(14-15-7-3-2-4-8-15)23(29)16-11-12-19-20(13-16)25-22(24-19)21-17-9-5-6-10-18(17)26-27-21;1-22-16(21)9-6-7-12-13(8-9)18-15(17-12)14-10-4-2-3-5-11(10)19-20-14/h2-13H,14H2,1H3,(H,24,25)(H,26,27);2-8H,1H3,(H,17,18)(H,19,20). The average molecular weight is 674 g/mol. The number of hydrogen-bond donors (Lipinski definition) is 4. The summed E-state index contributed by atoms with van der Waals surface area (Å²) in [5, 5.41) is 16.7. The van der Waals surface area contributed by atoms with Crippen molar-refractivity contribution in [2.24, 2.45) is 0 Å². The molecule has 4 N–H and O–H groups in total. The number of amides is 1. The van der Waals surface area contributed by atoms with Gasteiger partial charge in [-0.2, -0.15) is 10.2 Å². The van der Waals surface area contributed by atoms with Crippen LogP contribution in [0.1, 0.15) is 26.3 Å². The van der Waals surface area contributed by atoms with Gasteiger partial charge < -0.3 is 19.6 Å². The van der Waals surface area contributed by atoms with Crippen LogP contribution in [-0.2, 0) is 11.3 Å². The van der Waals surface area contributed by atoms with Gasteiger partial charge in [-0.25, -0.2) is 14.8 Å². The lowest BCUT2D eigenvalue weighted by molar-refractivity contribution is 0.0600. The first kappa shape index (κ1) is 31.2. The Morgan fingerprint density at radius 2 is 1.22 bits per heavy atom. The summed E-state index contributed by atoms with van der Waals surface area (Å²) in [6, 6.07) is 36.5. The molecule has 51 heavy (non-hydrogen) atoms. The van der Waals surface area contributed by atoms with E-state index in [0.717, 1.165) is 60.8 Å². The van der Waals surface area contributed by atoms with Gasteiger partial charge in [0, 0.05) is 29.9 Å². The molecule has 9 aromatic rings. The number of imidazole rings is 2. The molecule has 9 rings (SSSR count). The molecule has 0 radical (unpaired) electrons. The van der Waals surface area contributed by atoms with E-state index in [-0.39, 0.29) is 11.9 Å². The number of H-pyrrole nitrogens is 4. The molecular formula is C39H31N9O3. The number of hydrogen-bond acceptors (Lipinski definition) is 7. The van der Waals surface area contributed by atoms with Crippen molar-refractivity contribution in [3.05, 3.63) is 132 Å². The van der Waals surface area contributed by atoms with Crippen molar-refractivity contribution in [2.45, 2.75) is 6.54 Å². The molecule has 0 aliphatic carbocycles. The largest absolute Gasteiger partial charge is 0.465 e. The number of aromatic amines is 4. The highest BCUT2D eigenvalue weighted by Gasteiger charge is 2.17. The van der Waals surface area contributed by atoms with Crippen molar-refractivity contribution in [1.29, 1.82) is 0 Å². The number of methoxy groups -OCH3 is 1. The van der Waals surface area contributed by atoms with Gasteiger partial charge >= 0.3 is 5.97 Å². The normalized spacial score (nSPS) is 11.2. The number of nitrogens with one attached hydrogen (secondary N) is 4. The van der Waals surface area contributed by atoms with Crippen LogP contribution in [0.25, 0.3) is 66.9 Å². The number of nitrogens with zero attached hydrogens (tertiary/aromatic N) is 5. The molecule has 0 atom stereocenters. The Kier molecular flexibility index (Phi) is 8.01. The number of rotatable bonds is 6. The molecule has 4 aromatic heterocycles. The minimum Gasteiger partial charge on any atom is -0.465 e. The minimum atomic E-state index is -0.372. The number of esters is 1. The van der Waals surface area contributed by atoms with Gasteiger partial charge in [0.25, 0.3) is 5.91 Å². The van der Waals surface area contributed by atoms with E-state index in [1.165, 1.54) is 7.11 Å². The first-order valence-corrected chi connectivity index (χ1v) is 16.2. The molecule has 250 valence electrons. The second-order valence-corrected chi connectivity index (χ2v) is 12.0. The summed E-state index contributed by atoms with van der Waals surface area (Å²) < 4.78 is 4.73. The first-order chi connectivity index (χ1) is 24.9. The molecular weight excluding hydrogens is 642 g/mol. The number of benzene rings is 5. The van der Waals surface area contributed by atoms with E-state index in [0.29, 0.717) is 29.3 Å². The van der Waals surface area contributed by atoms with Gasteiger partial charge in [0.15, 0.2) is 11.6 Å². The SMILES string of the molecule is CN(Cc1ccccc1)C(=O)c1ccc2[nH]c(-c3n[nH]c4ccccc34)nc2c1.COC(=O)c1ccc2nc(-c3n[nH]c4ccccc34)[nH]c2c1. The van der Waals surface area contributed by atoms with E-state index < -0.39 is 0 Å². The lowest BCUT2D eigenvalue weighted by Gasteiger charge is -2.17.